The van der Waals surface area contributed by atoms with E-state index in [0.29, 0.717) is 0 Å². The predicted molar refractivity (Wildman–Crippen MR) is 19.9 cm³/mol. The molecule has 0 bridgehead atoms. The van der Waals surface area contributed by atoms with E-state index in [0.717, 1.165) is 0 Å². The fourth-order valence-corrected chi connectivity index (χ4v) is 0.154. The van der Waals surface area contributed by atoms with Gasteiger partial charge in [0.05, 0.1) is 0 Å². The Morgan fingerprint density at radius 3 is 1.50 bits per heavy atom. The van der Waals surface area contributed by atoms with Crippen LogP contribution in [-0.4, -0.2) is 6.18 Å². The fraction of sp³-hybridized carbons (Fsp3) is 0.250. The molecule has 0 rings (SSSR count). The SMILES string of the molecule is FC(F)=C=C(F)C(F)(F)F. The second kappa shape index (κ2) is 2.79. The molecule has 58 valence electrons. The topological polar surface area (TPSA) is 0 Å². The molecule has 0 spiro atoms. The van der Waals surface area contributed by atoms with Gasteiger partial charge in [0, 0.05) is 0 Å². The summed E-state index contributed by atoms with van der Waals surface area (Å²) < 4.78 is 66.0. The van der Waals surface area contributed by atoms with E-state index in [9.17, 15) is 26.3 Å². The number of alkyl halides is 3. The molecule has 0 unspecified atom stereocenters. The third kappa shape index (κ3) is 3.19. The Kier molecular flexibility index (Phi) is 2.54. The smallest absolute Gasteiger partial charge is 0.192 e. The van der Waals surface area contributed by atoms with Crippen LogP contribution in [0.3, 0.4) is 0 Å². The monoisotopic (exact) mass is 162 g/mol. The van der Waals surface area contributed by atoms with Gasteiger partial charge in [-0.05, 0) is 5.73 Å². The molecule has 0 radical (unpaired) electrons. The molecule has 0 saturated heterocycles. The molecule has 0 aromatic heterocycles. The summed E-state index contributed by atoms with van der Waals surface area (Å²) >= 11 is 0. The molecule has 0 amide bonds. The average Bonchev–Trinajstić information content (AvgIpc) is 1.60. The van der Waals surface area contributed by atoms with Crippen LogP contribution in [0.1, 0.15) is 0 Å². The quantitative estimate of drug-likeness (QED) is 0.379. The molecule has 0 heterocycles. The molecule has 0 aliphatic rings. The van der Waals surface area contributed by atoms with Crippen molar-refractivity contribution in [2.75, 3.05) is 0 Å². The second-order valence-electron chi connectivity index (χ2n) is 1.20. The number of halogens is 6. The van der Waals surface area contributed by atoms with Crippen molar-refractivity contribution in [3.05, 3.63) is 17.6 Å². The highest BCUT2D eigenvalue weighted by molar-refractivity contribution is 4.98. The Bertz CT molecular complexity index is 176. The Balaban J connectivity index is 4.69. The first-order chi connectivity index (χ1) is 4.34. The molecule has 10 heavy (non-hydrogen) atoms. The largest absolute Gasteiger partial charge is 0.451 e. The number of hydrogen-bond acceptors (Lipinski definition) is 0. The van der Waals surface area contributed by atoms with E-state index in [1.807, 2.05) is 0 Å². The van der Waals surface area contributed by atoms with E-state index in [1.54, 1.807) is 0 Å². The van der Waals surface area contributed by atoms with Crippen molar-refractivity contribution in [2.24, 2.45) is 0 Å². The van der Waals surface area contributed by atoms with Gasteiger partial charge in [0.2, 0.25) is 0 Å². The van der Waals surface area contributed by atoms with Crippen LogP contribution in [0.2, 0.25) is 0 Å². The summed E-state index contributed by atoms with van der Waals surface area (Å²) in [5.41, 5.74) is 0.191. The van der Waals surface area contributed by atoms with E-state index in [-0.39, 0.29) is 5.73 Å². The summed E-state index contributed by atoms with van der Waals surface area (Å²) in [6, 6.07) is 0. The van der Waals surface area contributed by atoms with Gasteiger partial charge in [0.15, 0.2) is 0 Å². The van der Waals surface area contributed by atoms with Gasteiger partial charge in [-0.2, -0.15) is 26.3 Å². The van der Waals surface area contributed by atoms with Gasteiger partial charge in [-0.15, -0.1) is 0 Å². The lowest BCUT2D eigenvalue weighted by atomic mass is 10.5. The van der Waals surface area contributed by atoms with Crippen molar-refractivity contribution in [3.8, 4) is 0 Å². The van der Waals surface area contributed by atoms with Crippen molar-refractivity contribution < 1.29 is 26.3 Å². The maximum atomic E-state index is 11.3. The molecule has 6 heteroatoms. The molecule has 0 saturated carbocycles. The average molecular weight is 162 g/mol. The molecule has 0 aliphatic heterocycles. The summed E-state index contributed by atoms with van der Waals surface area (Å²) in [4.78, 5) is 0. The van der Waals surface area contributed by atoms with Crippen LogP contribution >= 0.6 is 0 Å². The Morgan fingerprint density at radius 2 is 1.40 bits per heavy atom. The van der Waals surface area contributed by atoms with Crippen molar-refractivity contribution in [1.82, 2.24) is 0 Å². The van der Waals surface area contributed by atoms with E-state index >= 15 is 0 Å². The first-order valence-corrected chi connectivity index (χ1v) is 1.88. The van der Waals surface area contributed by atoms with Crippen molar-refractivity contribution in [1.29, 1.82) is 0 Å². The second-order valence-corrected chi connectivity index (χ2v) is 1.20. The first-order valence-electron chi connectivity index (χ1n) is 1.88. The minimum absolute atomic E-state index is 0.191. The zero-order valence-corrected chi connectivity index (χ0v) is 4.27. The highest BCUT2D eigenvalue weighted by Crippen LogP contribution is 2.25. The number of rotatable bonds is 0. The molecular weight excluding hydrogens is 162 g/mol. The van der Waals surface area contributed by atoms with Crippen molar-refractivity contribution in [3.63, 3.8) is 0 Å². The van der Waals surface area contributed by atoms with Crippen molar-refractivity contribution >= 4 is 0 Å². The highest BCUT2D eigenvalue weighted by atomic mass is 19.4. The first kappa shape index (κ1) is 9.10. The van der Waals surface area contributed by atoms with Crippen LogP contribution in [0.4, 0.5) is 26.3 Å². The molecular formula is C4F6. The highest BCUT2D eigenvalue weighted by Gasteiger charge is 2.35. The summed E-state index contributed by atoms with van der Waals surface area (Å²) in [6.07, 6.45) is -8.21. The zero-order chi connectivity index (χ0) is 8.36. The molecule has 0 nitrogen and oxygen atoms in total. The molecule has 0 atom stereocenters. The summed E-state index contributed by atoms with van der Waals surface area (Å²) in [5, 5.41) is 0. The van der Waals surface area contributed by atoms with E-state index in [1.165, 1.54) is 0 Å². The van der Waals surface area contributed by atoms with Crippen molar-refractivity contribution in [2.45, 2.75) is 6.18 Å². The molecule has 0 aromatic carbocycles. The van der Waals surface area contributed by atoms with Gasteiger partial charge in [-0.25, -0.2) is 0 Å². The summed E-state index contributed by atoms with van der Waals surface area (Å²) in [6.45, 7) is 0. The van der Waals surface area contributed by atoms with Crippen LogP contribution in [0.25, 0.3) is 0 Å². The minimum atomic E-state index is -5.37. The summed E-state index contributed by atoms with van der Waals surface area (Å²) in [7, 11) is 0. The van der Waals surface area contributed by atoms with Gasteiger partial charge in [0.25, 0.3) is 5.83 Å². The Hall–Kier alpha value is -0.900. The summed E-state index contributed by atoms with van der Waals surface area (Å²) in [5.74, 6) is -2.92. The fourth-order valence-electron chi connectivity index (χ4n) is 0.154. The molecule has 0 fully saturated rings. The maximum Gasteiger partial charge on any atom is 0.451 e. The predicted octanol–water partition coefficient (Wildman–Crippen LogP) is 2.78. The van der Waals surface area contributed by atoms with Crippen LogP contribution in [0, 0.1) is 0 Å². The van der Waals surface area contributed by atoms with E-state index in [4.69, 9.17) is 0 Å². The zero-order valence-electron chi connectivity index (χ0n) is 4.27. The molecule has 0 aliphatic carbocycles. The molecule has 0 aromatic rings. The van der Waals surface area contributed by atoms with Crippen LogP contribution in [0.5, 0.6) is 0 Å². The number of allylic oxidation sites excluding steroid dienone is 1. The third-order valence-electron chi connectivity index (χ3n) is 0.453. The van der Waals surface area contributed by atoms with Crippen LogP contribution < -0.4 is 0 Å². The minimum Gasteiger partial charge on any atom is -0.192 e. The third-order valence-corrected chi connectivity index (χ3v) is 0.453. The van der Waals surface area contributed by atoms with Gasteiger partial charge < -0.3 is 0 Å². The van der Waals surface area contributed by atoms with E-state index in [2.05, 4.69) is 0 Å². The Labute approximate surface area is 51.4 Å². The van der Waals surface area contributed by atoms with Crippen LogP contribution in [0.15, 0.2) is 17.6 Å². The lowest BCUT2D eigenvalue weighted by Crippen LogP contribution is -2.06. The van der Waals surface area contributed by atoms with Gasteiger partial charge in [-0.1, -0.05) is 0 Å². The standard InChI is InChI=1S/C4F6/c5-2(1-3(6)7)4(8,9)10. The Morgan fingerprint density at radius 1 is 1.00 bits per heavy atom. The van der Waals surface area contributed by atoms with Gasteiger partial charge in [0.1, 0.15) is 0 Å². The maximum absolute atomic E-state index is 11.3. The normalized spacial score (nSPS) is 10.6. The van der Waals surface area contributed by atoms with Crippen LogP contribution in [-0.2, 0) is 0 Å². The van der Waals surface area contributed by atoms with E-state index < -0.39 is 18.1 Å². The van der Waals surface area contributed by atoms with Gasteiger partial charge >= 0.3 is 12.3 Å². The number of hydrogen-bond donors (Lipinski definition) is 0. The lowest BCUT2D eigenvalue weighted by Gasteiger charge is -1.97. The molecule has 0 N–H and O–H groups in total. The lowest BCUT2D eigenvalue weighted by molar-refractivity contribution is -0.108. The van der Waals surface area contributed by atoms with Gasteiger partial charge in [-0.3, -0.25) is 0 Å².